The summed E-state index contributed by atoms with van der Waals surface area (Å²) >= 11 is 0. The summed E-state index contributed by atoms with van der Waals surface area (Å²) in [6.45, 7) is 11.0. The van der Waals surface area contributed by atoms with Crippen molar-refractivity contribution in [3.63, 3.8) is 0 Å². The number of amides is 11. The van der Waals surface area contributed by atoms with Crippen LogP contribution in [0.5, 0.6) is 0 Å². The van der Waals surface area contributed by atoms with Crippen molar-refractivity contribution in [2.24, 2.45) is 52.8 Å². The van der Waals surface area contributed by atoms with Crippen LogP contribution in [0.15, 0.2) is 12.2 Å². The number of hydrogen-bond donors (Lipinski definition) is 3. The van der Waals surface area contributed by atoms with Gasteiger partial charge in [0.25, 0.3) is 0 Å². The molecule has 8 aliphatic rings. The average molecular weight is 1540 g/mol. The number of likely N-dealkylation sites (N-methyl/N-ethyl adjacent to an activating group) is 6. The third kappa shape index (κ3) is 20.9. The standard InChI is InChI=1S/C77H119F8N11O12/c1-14-45(5)64-71(105)90(9)41-62(99)91(10)55-23-17-16-20-32-95(70(55)104)59(36-47-26-29-50(30-27-47)76(80,81)82)69(103)89(8)40-60(97)86-54(31-28-48-33-52(78)63(53(79)34-48)77(83,84)85)68(102)96-39-51(108-15-2)37-58(96)67(101)88-75(42-74(6,7)43-75)73(107)94(13)65(49-21-18-19-22-49)72(106)93(12)56(44(3)4)38-61(98)92(11)57(66(100)87-64)35-46-24-25-46/h16-17,44-59,63-65H,14-15,18-43H2,1-13H3,(H,86,97)(H,87,100)(H,88,101)/b17-16-/t45-,47?,48?,50?,51+,52?,53?,54-,55-,56+,57-,58-,59-,63?,64-,65-/m0/s1. The molecule has 12 atom stereocenters. The van der Waals surface area contributed by atoms with Gasteiger partial charge in [-0.1, -0.05) is 85.8 Å². The first-order valence-corrected chi connectivity index (χ1v) is 39.3. The molecule has 3 N–H and O–H groups in total. The fourth-order valence-corrected chi connectivity index (χ4v) is 18.3. The van der Waals surface area contributed by atoms with Crippen molar-refractivity contribution in [1.82, 2.24) is 55.1 Å². The van der Waals surface area contributed by atoms with Gasteiger partial charge in [-0.2, -0.15) is 26.3 Å². The Morgan fingerprint density at radius 3 is 1.74 bits per heavy atom. The molecule has 2 saturated heterocycles. The molecule has 5 aliphatic carbocycles. The first kappa shape index (κ1) is 86.9. The van der Waals surface area contributed by atoms with Gasteiger partial charge in [0, 0.05) is 80.9 Å². The fourth-order valence-electron chi connectivity index (χ4n) is 18.3. The molecule has 8 rings (SSSR count). The molecule has 5 saturated carbocycles. The van der Waals surface area contributed by atoms with Crippen LogP contribution >= 0.6 is 0 Å². The van der Waals surface area contributed by atoms with Gasteiger partial charge in [-0.25, -0.2) is 8.78 Å². The van der Waals surface area contributed by atoms with Crippen molar-refractivity contribution >= 4 is 65.0 Å². The SMILES string of the molecule is CCO[C@@H]1C[C@H]2C(=O)NC3(CC(C)(C)C3)C(=O)N(C)[C@@H](C3CCCC3)C(=O)N(C)[C@@H](C(C)C)CC(=O)N(C)[C@@H](CC3CC3)C(=O)N[C@@H]([C@@H](C)CC)C(=O)N(C)CC(=O)N(C)[C@H]3C/C=C\CCN(C3=O)[C@@H](CC3CCC(C(F)(F)F)CC3)C(=O)N(C)CC(=O)N[C@@H](CCC3CC(F)C(C(F)(F)F)C(F)C3)C(=O)N2C1. The summed E-state index contributed by atoms with van der Waals surface area (Å²) in [4.78, 5) is 177. The number of fused-ring (bicyclic) bond motifs is 3. The van der Waals surface area contributed by atoms with E-state index in [2.05, 4.69) is 16.0 Å². The molecule has 0 aromatic carbocycles. The van der Waals surface area contributed by atoms with E-state index >= 15 is 37.5 Å². The quantitative estimate of drug-likeness (QED) is 0.116. The number of carbonyl (C=O) groups excluding carboxylic acids is 11. The summed E-state index contributed by atoms with van der Waals surface area (Å²) in [7, 11) is 8.55. The van der Waals surface area contributed by atoms with Crippen LogP contribution in [-0.2, 0) is 57.5 Å². The molecular weight excluding hydrogens is 1420 g/mol. The van der Waals surface area contributed by atoms with Crippen molar-refractivity contribution in [2.45, 2.75) is 281 Å². The minimum Gasteiger partial charge on any atom is -0.377 e. The maximum absolute atomic E-state index is 15.8. The molecule has 31 heteroatoms. The normalized spacial score (nSPS) is 33.2. The molecular formula is C77H119F8N11O12. The van der Waals surface area contributed by atoms with E-state index in [0.717, 1.165) is 45.3 Å². The third-order valence-corrected chi connectivity index (χ3v) is 24.9. The van der Waals surface area contributed by atoms with Gasteiger partial charge >= 0.3 is 12.4 Å². The van der Waals surface area contributed by atoms with Crippen LogP contribution < -0.4 is 16.0 Å². The maximum atomic E-state index is 15.8. The number of ether oxygens (including phenoxy) is 1. The van der Waals surface area contributed by atoms with E-state index in [1.54, 1.807) is 33.0 Å². The van der Waals surface area contributed by atoms with Crippen molar-refractivity contribution in [2.75, 3.05) is 75.1 Å². The summed E-state index contributed by atoms with van der Waals surface area (Å²) in [5.74, 6) is -15.2. The molecule has 0 aromatic rings. The van der Waals surface area contributed by atoms with Gasteiger partial charge in [0.1, 0.15) is 66.1 Å². The Morgan fingerprint density at radius 1 is 0.593 bits per heavy atom. The molecule has 108 heavy (non-hydrogen) atoms. The van der Waals surface area contributed by atoms with E-state index in [4.69, 9.17) is 4.74 Å². The zero-order chi connectivity index (χ0) is 80.0. The molecule has 3 aliphatic heterocycles. The van der Waals surface area contributed by atoms with Crippen molar-refractivity contribution in [1.29, 1.82) is 0 Å². The van der Waals surface area contributed by atoms with Crippen LogP contribution in [0.3, 0.4) is 0 Å². The summed E-state index contributed by atoms with van der Waals surface area (Å²) in [6, 6.07) is -10.1. The maximum Gasteiger partial charge on any atom is 0.397 e. The Hall–Kier alpha value is -6.69. The van der Waals surface area contributed by atoms with Gasteiger partial charge in [0.05, 0.1) is 25.1 Å². The third-order valence-electron chi connectivity index (χ3n) is 24.9. The number of rotatable bonds is 13. The Bertz CT molecular complexity index is 3230. The monoisotopic (exact) mass is 1540 g/mol. The molecule has 11 amide bonds. The van der Waals surface area contributed by atoms with Crippen LogP contribution in [0.2, 0.25) is 0 Å². The van der Waals surface area contributed by atoms with Gasteiger partial charge in [-0.15, -0.1) is 0 Å². The fraction of sp³-hybridized carbons (Fsp3) is 0.831. The summed E-state index contributed by atoms with van der Waals surface area (Å²) in [6.07, 6.45) is -10.7. The lowest BCUT2D eigenvalue weighted by atomic mass is 9.58. The molecule has 0 aromatic heterocycles. The number of nitrogens with zero attached hydrogens (tertiary/aromatic N) is 8. The first-order valence-electron chi connectivity index (χ1n) is 39.3. The highest BCUT2D eigenvalue weighted by Crippen LogP contribution is 2.51. The number of carbonyl (C=O) groups is 11. The average Bonchev–Trinajstić information content (AvgIpc) is 1.72. The van der Waals surface area contributed by atoms with E-state index in [1.165, 1.54) is 54.8 Å². The molecule has 2 unspecified atom stereocenters. The lowest BCUT2D eigenvalue weighted by Gasteiger charge is -2.54. The van der Waals surface area contributed by atoms with Crippen LogP contribution in [0.1, 0.15) is 196 Å². The van der Waals surface area contributed by atoms with E-state index < -0.39 is 217 Å². The first-order chi connectivity index (χ1) is 50.5. The zero-order valence-electron chi connectivity index (χ0n) is 65.4. The Morgan fingerprint density at radius 2 is 1.19 bits per heavy atom. The van der Waals surface area contributed by atoms with E-state index in [0.29, 0.717) is 19.3 Å². The van der Waals surface area contributed by atoms with Gasteiger partial charge < -0.3 is 59.9 Å². The lowest BCUT2D eigenvalue weighted by molar-refractivity contribution is -0.219. The predicted octanol–water partition coefficient (Wildman–Crippen LogP) is 8.31. The van der Waals surface area contributed by atoms with Crippen molar-refractivity contribution < 1.29 is 92.6 Å². The predicted molar refractivity (Wildman–Crippen MR) is 384 cm³/mol. The summed E-state index contributed by atoms with van der Waals surface area (Å²) in [5, 5.41) is 8.63. The van der Waals surface area contributed by atoms with E-state index in [9.17, 15) is 50.3 Å². The number of hydrogen-bond acceptors (Lipinski definition) is 12. The highest BCUT2D eigenvalue weighted by atomic mass is 19.4. The minimum absolute atomic E-state index is 0.00867. The highest BCUT2D eigenvalue weighted by molar-refractivity contribution is 6.00. The lowest BCUT2D eigenvalue weighted by Crippen LogP contribution is -2.71. The Labute approximate surface area is 631 Å². The molecule has 3 heterocycles. The van der Waals surface area contributed by atoms with Gasteiger partial charge in [0.2, 0.25) is 65.0 Å². The zero-order valence-corrected chi connectivity index (χ0v) is 65.4. The molecule has 23 nitrogen and oxygen atoms in total. The minimum atomic E-state index is -5.21. The van der Waals surface area contributed by atoms with E-state index in [-0.39, 0.29) is 121 Å². The molecule has 1 spiro atoms. The summed E-state index contributed by atoms with van der Waals surface area (Å²) in [5.41, 5.74) is -2.23. The number of halogens is 8. The van der Waals surface area contributed by atoms with Gasteiger partial charge in [0.15, 0.2) is 0 Å². The Balaban J connectivity index is 1.20. The molecule has 7 fully saturated rings. The van der Waals surface area contributed by atoms with Crippen LogP contribution in [0.4, 0.5) is 35.1 Å². The smallest absolute Gasteiger partial charge is 0.377 e. The van der Waals surface area contributed by atoms with Gasteiger partial charge in [-0.3, -0.25) is 52.7 Å². The second-order valence-corrected chi connectivity index (χ2v) is 33.9. The highest BCUT2D eigenvalue weighted by Gasteiger charge is 2.60. The molecule has 610 valence electrons. The topological polar surface area (TPSA) is 259 Å². The van der Waals surface area contributed by atoms with Gasteiger partial charge in [-0.05, 0) is 151 Å². The summed E-state index contributed by atoms with van der Waals surface area (Å²) < 4.78 is 121. The van der Waals surface area contributed by atoms with Crippen molar-refractivity contribution in [3.05, 3.63) is 12.2 Å². The molecule has 0 radical (unpaired) electrons. The van der Waals surface area contributed by atoms with Crippen LogP contribution in [0.25, 0.3) is 0 Å². The second kappa shape index (κ2) is 36.2. The van der Waals surface area contributed by atoms with Crippen LogP contribution in [0, 0.1) is 52.8 Å². The number of nitrogens with one attached hydrogen (secondary N) is 3. The Kier molecular flexibility index (Phi) is 29.1. The second-order valence-electron chi connectivity index (χ2n) is 33.9. The van der Waals surface area contributed by atoms with Crippen LogP contribution in [-0.4, -0.2) is 264 Å². The number of alkyl halides is 8. The van der Waals surface area contributed by atoms with Crippen molar-refractivity contribution in [3.8, 4) is 0 Å². The van der Waals surface area contributed by atoms with E-state index in [1.807, 2.05) is 34.6 Å². The largest absolute Gasteiger partial charge is 0.397 e. The molecule has 2 bridgehead atoms.